The van der Waals surface area contributed by atoms with Gasteiger partial charge < -0.3 is 83.9 Å². The van der Waals surface area contributed by atoms with Crippen molar-refractivity contribution < 1.29 is 83.9 Å². The maximum atomic E-state index is 12.5. The molecule has 0 aromatic rings. The van der Waals surface area contributed by atoms with Gasteiger partial charge in [0, 0.05) is 16.2 Å². The first kappa shape index (κ1) is 48.1. The first-order chi connectivity index (χ1) is 30.0. The Hall–Kier alpha value is -0.970. The number of hydrogen-bond donors (Lipinski definition) is 9. The molecule has 1 unspecified atom stereocenters. The number of aliphatic hydroxyl groups is 9. The molecule has 0 aromatic heterocycles. The second-order valence-electron chi connectivity index (χ2n) is 23.4. The van der Waals surface area contributed by atoms with E-state index in [1.165, 1.54) is 6.92 Å². The van der Waals surface area contributed by atoms with E-state index >= 15 is 0 Å². The Kier molecular flexibility index (Phi) is 12.2. The second-order valence-corrected chi connectivity index (χ2v) is 23.4. The van der Waals surface area contributed by atoms with Gasteiger partial charge in [-0.1, -0.05) is 41.5 Å². The smallest absolute Gasteiger partial charge is 0.187 e. The highest BCUT2D eigenvalue weighted by molar-refractivity contribution is 5.59. The lowest BCUT2D eigenvalue weighted by Gasteiger charge is -2.75. The van der Waals surface area contributed by atoms with Gasteiger partial charge >= 0.3 is 0 Å². The zero-order valence-electron chi connectivity index (χ0n) is 38.5. The van der Waals surface area contributed by atoms with Gasteiger partial charge in [0.1, 0.15) is 67.3 Å². The normalized spacial score (nSPS) is 59.2. The molecule has 9 aliphatic rings. The SMILES string of the molecule is C[C@@H]1O[C@@H](O[C@H]2[C@H](O[C@@H]3[C@@H](O)[C@H](OC4CC[C@]5(C)[C@H]6CC[C@]78OC[C@@]9(CC[C@](C)(C=O)C[C@H]97)[C@H](O)C[C@@]8(C)[C@]6(C)CC[C@H]5C4(C)C)OC[C@@H]3O)O[C@H](CO)[C@@H](O)[C@@H]2O)[C@H](O)[C@H](O)[C@H]1O. The lowest BCUT2D eigenvalue weighted by molar-refractivity contribution is -0.385. The van der Waals surface area contributed by atoms with E-state index in [0.717, 1.165) is 57.7 Å². The number of rotatable bonds is 8. The van der Waals surface area contributed by atoms with Crippen molar-refractivity contribution in [2.75, 3.05) is 19.8 Å². The Balaban J connectivity index is 0.916. The molecule has 9 N–H and O–H groups in total. The highest BCUT2D eigenvalue weighted by atomic mass is 16.8. The highest BCUT2D eigenvalue weighted by Gasteiger charge is 2.80. The summed E-state index contributed by atoms with van der Waals surface area (Å²) >= 11 is 0. The second kappa shape index (κ2) is 16.3. The summed E-state index contributed by atoms with van der Waals surface area (Å²) in [6.07, 6.45) is -12.6. The molecular weight excluding hydrogens is 837 g/mol. The first-order valence-corrected chi connectivity index (χ1v) is 24.0. The summed E-state index contributed by atoms with van der Waals surface area (Å²) in [4.78, 5) is 12.5. The van der Waals surface area contributed by atoms with Crippen LogP contribution in [-0.2, 0) is 38.0 Å². The minimum absolute atomic E-state index is 0.0830. The molecule has 17 nitrogen and oxygen atoms in total. The molecule has 64 heavy (non-hydrogen) atoms. The van der Waals surface area contributed by atoms with Crippen LogP contribution in [0.1, 0.15) is 113 Å². The standard InChI is InChI=1S/C47H76O17/c1-22-30(52)32(54)34(56)39(60-22)64-37-33(55)31(53)24(18-48)61-40(37)63-36-23(50)19-58-38(35(36)57)62-29-10-11-43(5)25(41(29,2)3)8-12-44(6)26(43)9-13-47-27-16-42(4,20-49)14-15-46(27,21-59-47)28(51)17-45(44,47)7/h20,22-40,48,50-57H,8-19,21H2,1-7H3/t22-,23-,24+,25-,26+,27+,28+,29?,30-,31+,32+,33-,34+,35+,36-,37+,38-,39-,40-,42-,43-,44+,45-,46+,47-/m0/s1. The minimum Gasteiger partial charge on any atom is -0.394 e. The quantitative estimate of drug-likeness (QED) is 0.120. The van der Waals surface area contributed by atoms with Crippen LogP contribution in [0.25, 0.3) is 0 Å². The largest absolute Gasteiger partial charge is 0.394 e. The number of carbonyl (C=O) groups excluding carboxylic acids is 1. The number of hydrogen-bond acceptors (Lipinski definition) is 17. The Bertz CT molecular complexity index is 1740. The molecule has 1 spiro atoms. The Morgan fingerprint density at radius 2 is 1.36 bits per heavy atom. The summed E-state index contributed by atoms with van der Waals surface area (Å²) in [6.45, 7) is 14.8. The van der Waals surface area contributed by atoms with Crippen molar-refractivity contribution in [2.24, 2.45) is 50.2 Å². The van der Waals surface area contributed by atoms with Crippen molar-refractivity contribution in [1.82, 2.24) is 0 Å². The van der Waals surface area contributed by atoms with Gasteiger partial charge in [-0.3, -0.25) is 0 Å². The van der Waals surface area contributed by atoms with Gasteiger partial charge in [0.05, 0.1) is 43.7 Å². The van der Waals surface area contributed by atoms with Crippen LogP contribution in [-0.4, -0.2) is 176 Å². The zero-order chi connectivity index (χ0) is 46.3. The van der Waals surface area contributed by atoms with Crippen LogP contribution in [0.3, 0.4) is 0 Å². The molecule has 9 rings (SSSR count). The molecule has 0 aromatic carbocycles. The topological polar surface area (TPSA) is 264 Å². The summed E-state index contributed by atoms with van der Waals surface area (Å²) in [5, 5.41) is 98.5. The van der Waals surface area contributed by atoms with Crippen LogP contribution < -0.4 is 0 Å². The van der Waals surface area contributed by atoms with Crippen LogP contribution >= 0.6 is 0 Å². The van der Waals surface area contributed by atoms with Gasteiger partial charge in [-0.15, -0.1) is 0 Å². The molecule has 9 fully saturated rings. The van der Waals surface area contributed by atoms with Crippen molar-refractivity contribution in [1.29, 1.82) is 0 Å². The van der Waals surface area contributed by atoms with Crippen molar-refractivity contribution in [3.63, 3.8) is 0 Å². The van der Waals surface area contributed by atoms with Crippen LogP contribution in [0.5, 0.6) is 0 Å². The third-order valence-corrected chi connectivity index (χ3v) is 20.2. The molecule has 17 heteroatoms. The molecule has 2 bridgehead atoms. The average molecular weight is 913 g/mol. The summed E-state index contributed by atoms with van der Waals surface area (Å²) < 4.78 is 43.3. The summed E-state index contributed by atoms with van der Waals surface area (Å²) in [5.74, 6) is 0.690. The molecular formula is C47H76O17. The third kappa shape index (κ3) is 6.71. The highest BCUT2D eigenvalue weighted by Crippen LogP contribution is 2.80. The van der Waals surface area contributed by atoms with Crippen molar-refractivity contribution >= 4 is 6.29 Å². The summed E-state index contributed by atoms with van der Waals surface area (Å²) in [5.41, 5.74) is -2.05. The molecule has 4 heterocycles. The fraction of sp³-hybridized carbons (Fsp3) is 0.979. The van der Waals surface area contributed by atoms with Crippen LogP contribution in [0.15, 0.2) is 0 Å². The number of ether oxygens (including phenoxy) is 7. The molecule has 25 atom stereocenters. The van der Waals surface area contributed by atoms with Gasteiger partial charge in [0.25, 0.3) is 0 Å². The van der Waals surface area contributed by atoms with E-state index in [1.54, 1.807) is 0 Å². The first-order valence-electron chi connectivity index (χ1n) is 24.0. The Morgan fingerprint density at radius 1 is 0.656 bits per heavy atom. The van der Waals surface area contributed by atoms with E-state index in [4.69, 9.17) is 33.2 Å². The van der Waals surface area contributed by atoms with Gasteiger partial charge in [0.2, 0.25) is 0 Å². The Labute approximate surface area is 376 Å². The van der Waals surface area contributed by atoms with Crippen molar-refractivity contribution in [3.05, 3.63) is 0 Å². The number of carbonyl (C=O) groups is 1. The molecule has 4 saturated heterocycles. The molecule has 0 amide bonds. The van der Waals surface area contributed by atoms with E-state index < -0.39 is 115 Å². The summed E-state index contributed by atoms with van der Waals surface area (Å²) in [7, 11) is 0. The predicted molar refractivity (Wildman–Crippen MR) is 223 cm³/mol. The monoisotopic (exact) mass is 913 g/mol. The van der Waals surface area contributed by atoms with Crippen molar-refractivity contribution in [2.45, 2.75) is 216 Å². The zero-order valence-corrected chi connectivity index (χ0v) is 38.5. The van der Waals surface area contributed by atoms with E-state index in [1.807, 2.05) is 0 Å². The number of aldehydes is 1. The van der Waals surface area contributed by atoms with Gasteiger partial charge in [-0.05, 0) is 105 Å². The molecule has 5 aliphatic carbocycles. The van der Waals surface area contributed by atoms with E-state index in [2.05, 4.69) is 41.5 Å². The third-order valence-electron chi connectivity index (χ3n) is 20.2. The van der Waals surface area contributed by atoms with Crippen molar-refractivity contribution in [3.8, 4) is 0 Å². The van der Waals surface area contributed by atoms with Crippen LogP contribution in [0, 0.1) is 50.2 Å². The number of aliphatic hydroxyl groups excluding tert-OH is 9. The lowest BCUT2D eigenvalue weighted by Crippen LogP contribution is -2.74. The molecule has 5 saturated carbocycles. The van der Waals surface area contributed by atoms with Gasteiger partial charge in [-0.2, -0.15) is 0 Å². The summed E-state index contributed by atoms with van der Waals surface area (Å²) in [6, 6.07) is 0. The maximum Gasteiger partial charge on any atom is 0.187 e. The predicted octanol–water partition coefficient (Wildman–Crippen LogP) is 0.671. The van der Waals surface area contributed by atoms with Crippen LogP contribution in [0.4, 0.5) is 0 Å². The molecule has 0 radical (unpaired) electrons. The van der Waals surface area contributed by atoms with Gasteiger partial charge in [-0.25, -0.2) is 0 Å². The molecule has 366 valence electrons. The minimum atomic E-state index is -1.79. The van der Waals surface area contributed by atoms with Crippen LogP contribution in [0.2, 0.25) is 0 Å². The van der Waals surface area contributed by atoms with E-state index in [9.17, 15) is 50.8 Å². The van der Waals surface area contributed by atoms with E-state index in [-0.39, 0.29) is 46.2 Å². The Morgan fingerprint density at radius 3 is 2.06 bits per heavy atom. The lowest BCUT2D eigenvalue weighted by atomic mass is 9.30. The fourth-order valence-electron chi connectivity index (χ4n) is 16.2. The van der Waals surface area contributed by atoms with Gasteiger partial charge in [0.15, 0.2) is 18.9 Å². The maximum absolute atomic E-state index is 12.5. The van der Waals surface area contributed by atoms with E-state index in [0.29, 0.717) is 25.4 Å². The number of fused-ring (bicyclic) bond motifs is 4. The fourth-order valence-corrected chi connectivity index (χ4v) is 16.2. The molecule has 4 aliphatic heterocycles. The average Bonchev–Trinajstić information content (AvgIpc) is 3.53.